The van der Waals surface area contributed by atoms with Crippen molar-refractivity contribution in [1.29, 1.82) is 0 Å². The van der Waals surface area contributed by atoms with Gasteiger partial charge in [0.05, 0.1) is 40.0 Å². The van der Waals surface area contributed by atoms with Crippen LogP contribution in [0.4, 0.5) is 0 Å². The Labute approximate surface area is 180 Å². The number of hydrogen-bond donors (Lipinski definition) is 1. The number of nitrogens with one attached hydrogen (secondary N) is 1. The van der Waals surface area contributed by atoms with Crippen LogP contribution in [0.2, 0.25) is 0 Å². The van der Waals surface area contributed by atoms with Crippen molar-refractivity contribution in [3.05, 3.63) is 70.5 Å². The predicted molar refractivity (Wildman–Crippen MR) is 117 cm³/mol. The molecular formula is C23H25N3O5. The molecule has 162 valence electrons. The van der Waals surface area contributed by atoms with E-state index in [2.05, 4.69) is 10.4 Å². The van der Waals surface area contributed by atoms with Crippen molar-refractivity contribution in [1.82, 2.24) is 15.1 Å². The van der Waals surface area contributed by atoms with Gasteiger partial charge in [0.15, 0.2) is 11.5 Å². The second-order valence-electron chi connectivity index (χ2n) is 6.72. The molecular weight excluding hydrogens is 398 g/mol. The van der Waals surface area contributed by atoms with Crippen molar-refractivity contribution in [2.75, 3.05) is 27.9 Å². The minimum atomic E-state index is -0.230. The van der Waals surface area contributed by atoms with E-state index in [4.69, 9.17) is 14.2 Å². The number of hydrogen-bond acceptors (Lipinski definition) is 6. The zero-order valence-corrected chi connectivity index (χ0v) is 17.8. The lowest BCUT2D eigenvalue weighted by molar-refractivity contribution is -0.120. The van der Waals surface area contributed by atoms with E-state index in [0.717, 1.165) is 16.9 Å². The Kier molecular flexibility index (Phi) is 7.26. The molecule has 2 aromatic carbocycles. The van der Waals surface area contributed by atoms with Gasteiger partial charge >= 0.3 is 0 Å². The van der Waals surface area contributed by atoms with Crippen LogP contribution >= 0.6 is 0 Å². The number of methoxy groups -OCH3 is 3. The van der Waals surface area contributed by atoms with E-state index >= 15 is 0 Å². The molecule has 3 rings (SSSR count). The Morgan fingerprint density at radius 1 is 0.935 bits per heavy atom. The summed E-state index contributed by atoms with van der Waals surface area (Å²) in [6.07, 6.45) is 0.189. The summed E-state index contributed by atoms with van der Waals surface area (Å²) in [5.41, 5.74) is 2.10. The third-order valence-corrected chi connectivity index (χ3v) is 4.71. The molecule has 1 amide bonds. The van der Waals surface area contributed by atoms with Crippen molar-refractivity contribution in [3.63, 3.8) is 0 Å². The van der Waals surface area contributed by atoms with Crippen molar-refractivity contribution in [2.45, 2.75) is 13.0 Å². The van der Waals surface area contributed by atoms with Crippen LogP contribution in [-0.4, -0.2) is 43.6 Å². The molecule has 8 nitrogen and oxygen atoms in total. The zero-order valence-electron chi connectivity index (χ0n) is 17.8. The lowest BCUT2D eigenvalue weighted by Crippen LogP contribution is -2.32. The summed E-state index contributed by atoms with van der Waals surface area (Å²) < 4.78 is 17.0. The molecule has 0 bridgehead atoms. The summed E-state index contributed by atoms with van der Waals surface area (Å²) in [7, 11) is 4.71. The molecule has 8 heteroatoms. The maximum atomic E-state index is 12.3. The van der Waals surface area contributed by atoms with Gasteiger partial charge in [0.2, 0.25) is 5.91 Å². The molecule has 1 aromatic heterocycles. The second-order valence-corrected chi connectivity index (χ2v) is 6.72. The van der Waals surface area contributed by atoms with Crippen LogP contribution in [0.25, 0.3) is 11.3 Å². The Morgan fingerprint density at radius 3 is 2.35 bits per heavy atom. The van der Waals surface area contributed by atoms with Crippen LogP contribution in [0.3, 0.4) is 0 Å². The van der Waals surface area contributed by atoms with Crippen LogP contribution in [0.15, 0.2) is 59.4 Å². The molecule has 0 aliphatic heterocycles. The third kappa shape index (κ3) is 5.63. The summed E-state index contributed by atoms with van der Waals surface area (Å²) in [4.78, 5) is 24.4. The van der Waals surface area contributed by atoms with Crippen molar-refractivity contribution < 1.29 is 19.0 Å². The molecule has 0 aliphatic carbocycles. The second kappa shape index (κ2) is 10.3. The number of benzene rings is 2. The summed E-state index contributed by atoms with van der Waals surface area (Å²) >= 11 is 0. The van der Waals surface area contributed by atoms with E-state index in [0.29, 0.717) is 17.2 Å². The van der Waals surface area contributed by atoms with E-state index < -0.39 is 0 Å². The van der Waals surface area contributed by atoms with Gasteiger partial charge in [0.25, 0.3) is 5.56 Å². The molecule has 0 saturated carbocycles. The number of carbonyl (C=O) groups is 1. The van der Waals surface area contributed by atoms with Crippen molar-refractivity contribution in [2.24, 2.45) is 0 Å². The van der Waals surface area contributed by atoms with Crippen LogP contribution in [-0.2, 0) is 17.8 Å². The molecule has 0 unspecified atom stereocenters. The van der Waals surface area contributed by atoms with Crippen LogP contribution < -0.4 is 25.1 Å². The Bertz CT molecular complexity index is 1090. The highest BCUT2D eigenvalue weighted by molar-refractivity contribution is 5.78. The molecule has 0 spiro atoms. The van der Waals surface area contributed by atoms with Gasteiger partial charge in [0.1, 0.15) is 5.75 Å². The van der Waals surface area contributed by atoms with E-state index in [9.17, 15) is 9.59 Å². The molecule has 1 N–H and O–H groups in total. The number of aromatic nitrogens is 2. The molecule has 3 aromatic rings. The lowest BCUT2D eigenvalue weighted by atomic mass is 10.1. The maximum Gasteiger partial charge on any atom is 0.266 e. The topological polar surface area (TPSA) is 91.7 Å². The van der Waals surface area contributed by atoms with Gasteiger partial charge in [-0.05, 0) is 48.0 Å². The maximum absolute atomic E-state index is 12.3. The number of nitrogens with zero attached hydrogens (tertiary/aromatic N) is 2. The van der Waals surface area contributed by atoms with Gasteiger partial charge in [-0.3, -0.25) is 9.59 Å². The molecule has 31 heavy (non-hydrogen) atoms. The fourth-order valence-electron chi connectivity index (χ4n) is 3.06. The summed E-state index contributed by atoms with van der Waals surface area (Å²) in [6, 6.07) is 15.9. The first-order valence-corrected chi connectivity index (χ1v) is 9.74. The minimum Gasteiger partial charge on any atom is -0.497 e. The summed E-state index contributed by atoms with van der Waals surface area (Å²) in [5, 5.41) is 7.22. The van der Waals surface area contributed by atoms with Gasteiger partial charge in [0, 0.05) is 18.2 Å². The third-order valence-electron chi connectivity index (χ3n) is 4.71. The van der Waals surface area contributed by atoms with E-state index in [-0.39, 0.29) is 31.0 Å². The van der Waals surface area contributed by atoms with Gasteiger partial charge in [-0.2, -0.15) is 5.10 Å². The minimum absolute atomic E-state index is 0.161. The smallest absolute Gasteiger partial charge is 0.266 e. The van der Waals surface area contributed by atoms with Crippen molar-refractivity contribution in [3.8, 4) is 28.5 Å². The highest BCUT2D eigenvalue weighted by Gasteiger charge is 2.09. The van der Waals surface area contributed by atoms with E-state index in [1.54, 1.807) is 39.5 Å². The molecule has 0 fully saturated rings. The zero-order chi connectivity index (χ0) is 22.2. The fraction of sp³-hybridized carbons (Fsp3) is 0.261. The van der Waals surface area contributed by atoms with Gasteiger partial charge in [-0.1, -0.05) is 6.07 Å². The highest BCUT2D eigenvalue weighted by Crippen LogP contribution is 2.27. The first kappa shape index (κ1) is 21.9. The molecule has 0 radical (unpaired) electrons. The SMILES string of the molecule is COc1ccc(-c2ccc(=O)n(CCNC(=O)Cc3ccc(OC)c(OC)c3)n2)cc1. The van der Waals surface area contributed by atoms with Gasteiger partial charge in [-0.15, -0.1) is 0 Å². The largest absolute Gasteiger partial charge is 0.497 e. The lowest BCUT2D eigenvalue weighted by Gasteiger charge is -2.11. The molecule has 1 heterocycles. The number of carbonyl (C=O) groups excluding carboxylic acids is 1. The molecule has 0 saturated heterocycles. The van der Waals surface area contributed by atoms with Crippen LogP contribution in [0, 0.1) is 0 Å². The molecule has 0 aliphatic rings. The van der Waals surface area contributed by atoms with E-state index in [1.807, 2.05) is 30.3 Å². The first-order valence-electron chi connectivity index (χ1n) is 9.74. The average Bonchev–Trinajstić information content (AvgIpc) is 2.80. The number of amides is 1. The first-order chi connectivity index (χ1) is 15.0. The number of rotatable bonds is 9. The van der Waals surface area contributed by atoms with Crippen LogP contribution in [0.5, 0.6) is 17.2 Å². The van der Waals surface area contributed by atoms with Crippen molar-refractivity contribution >= 4 is 5.91 Å². The Morgan fingerprint density at radius 2 is 1.68 bits per heavy atom. The fourth-order valence-corrected chi connectivity index (χ4v) is 3.06. The number of ether oxygens (including phenoxy) is 3. The standard InChI is InChI=1S/C23H25N3O5/c1-29-18-7-5-17(6-8-18)19-9-11-23(28)26(25-19)13-12-24-22(27)15-16-4-10-20(30-2)21(14-16)31-3/h4-11,14H,12-13,15H2,1-3H3,(H,24,27). The Hall–Kier alpha value is -3.81. The summed E-state index contributed by atoms with van der Waals surface area (Å²) in [6.45, 7) is 0.547. The van der Waals surface area contributed by atoms with Gasteiger partial charge < -0.3 is 19.5 Å². The van der Waals surface area contributed by atoms with E-state index in [1.165, 1.54) is 10.7 Å². The Balaban J connectivity index is 1.59. The quantitative estimate of drug-likeness (QED) is 0.568. The van der Waals surface area contributed by atoms with Gasteiger partial charge in [-0.25, -0.2) is 4.68 Å². The normalized spacial score (nSPS) is 10.4. The highest BCUT2D eigenvalue weighted by atomic mass is 16.5. The summed E-state index contributed by atoms with van der Waals surface area (Å²) in [5.74, 6) is 1.76. The average molecular weight is 423 g/mol. The molecule has 0 atom stereocenters. The predicted octanol–water partition coefficient (Wildman–Crippen LogP) is 2.29. The van der Waals surface area contributed by atoms with Crippen LogP contribution in [0.1, 0.15) is 5.56 Å². The monoisotopic (exact) mass is 423 g/mol.